The van der Waals surface area contributed by atoms with Gasteiger partial charge in [-0.05, 0) is 45.9 Å². The molecule has 0 aliphatic heterocycles. The lowest BCUT2D eigenvalue weighted by molar-refractivity contribution is 0.265. The molecule has 0 saturated carbocycles. The van der Waals surface area contributed by atoms with E-state index in [0.29, 0.717) is 0 Å². The summed E-state index contributed by atoms with van der Waals surface area (Å²) < 4.78 is -2.98. The first-order valence-electron chi connectivity index (χ1n) is 8.30. The molecule has 0 aliphatic carbocycles. The van der Waals surface area contributed by atoms with E-state index in [1.165, 1.54) is 9.80 Å². The zero-order valence-electron chi connectivity index (χ0n) is 16.4. The van der Waals surface area contributed by atoms with Crippen LogP contribution in [0, 0.1) is 0 Å². The van der Waals surface area contributed by atoms with Gasteiger partial charge in [-0.15, -0.1) is 0 Å². The number of carbonyl (C=O) groups is 2. The van der Waals surface area contributed by atoms with Crippen molar-refractivity contribution in [3.8, 4) is 0 Å². The van der Waals surface area contributed by atoms with Crippen molar-refractivity contribution < 1.29 is 9.59 Å². The van der Waals surface area contributed by atoms with E-state index in [1.54, 1.807) is 14.1 Å². The number of benzene rings is 2. The van der Waals surface area contributed by atoms with E-state index in [2.05, 4.69) is 0 Å². The average Bonchev–Trinajstić information content (AvgIpc) is 2.75. The van der Waals surface area contributed by atoms with Crippen LogP contribution in [0.25, 0.3) is 0 Å². The van der Waals surface area contributed by atoms with E-state index in [4.69, 9.17) is 69.6 Å². The summed E-state index contributed by atoms with van der Waals surface area (Å²) in [5, 5.41) is -0.384. The molecule has 0 N–H and O–H groups in total. The van der Waals surface area contributed by atoms with Gasteiger partial charge in [-0.25, -0.2) is 0 Å². The molecule has 2 aromatic rings. The Labute approximate surface area is 233 Å². The molecular formula is C18H16Cl6N2O2S4. The highest BCUT2D eigenvalue weighted by Gasteiger charge is 2.25. The Morgan fingerprint density at radius 3 is 1.16 bits per heavy atom. The fourth-order valence-corrected chi connectivity index (χ4v) is 5.92. The highest BCUT2D eigenvalue weighted by Crippen LogP contribution is 2.47. The first kappa shape index (κ1) is 30.6. The largest absolute Gasteiger partial charge is 0.306 e. The van der Waals surface area contributed by atoms with Crippen molar-refractivity contribution in [3.05, 3.63) is 60.7 Å². The van der Waals surface area contributed by atoms with Crippen LogP contribution in [-0.2, 0) is 0 Å². The number of hydrogen-bond donors (Lipinski definition) is 0. The van der Waals surface area contributed by atoms with Gasteiger partial charge in [0.2, 0.25) is 6.25 Å². The molecule has 0 spiro atoms. The summed E-state index contributed by atoms with van der Waals surface area (Å²) in [6, 6.07) is 18.5. The highest BCUT2D eigenvalue weighted by atomic mass is 35.6. The van der Waals surface area contributed by atoms with Gasteiger partial charge in [0, 0.05) is 47.1 Å². The zero-order chi connectivity index (χ0) is 24.4. The van der Waals surface area contributed by atoms with Crippen molar-refractivity contribution in [2.45, 2.75) is 6.25 Å². The van der Waals surface area contributed by atoms with Gasteiger partial charge in [0.05, 0.1) is 0 Å². The van der Waals surface area contributed by atoms with Crippen LogP contribution in [0.4, 0.5) is 21.0 Å². The molecule has 0 unspecified atom stereocenters. The van der Waals surface area contributed by atoms with Gasteiger partial charge in [0.25, 0.3) is 10.5 Å². The first-order valence-corrected chi connectivity index (χ1v) is 14.9. The van der Waals surface area contributed by atoms with Crippen LogP contribution in [0.5, 0.6) is 0 Å². The maximum absolute atomic E-state index is 11.7. The molecule has 0 atom stereocenters. The fraction of sp³-hybridized carbons (Fsp3) is 0.222. The molecule has 4 nitrogen and oxygen atoms in total. The average molecular weight is 633 g/mol. The SMILES string of the molecule is CN(C(=O)SSC(Cl)(Cl)Cl)c1ccccc1.CN(C(=O)SSC(Cl)(Cl)Cl)c1ccccc1. The van der Waals surface area contributed by atoms with Gasteiger partial charge < -0.3 is 9.80 Å². The highest BCUT2D eigenvalue weighted by molar-refractivity contribution is 8.83. The molecule has 0 radical (unpaired) electrons. The Kier molecular flexibility index (Phi) is 14.1. The summed E-state index contributed by atoms with van der Waals surface area (Å²) in [7, 11) is 6.90. The number of amides is 2. The molecule has 2 amide bonds. The maximum atomic E-state index is 11.7. The predicted molar refractivity (Wildman–Crippen MR) is 151 cm³/mol. The minimum atomic E-state index is -1.49. The summed E-state index contributed by atoms with van der Waals surface area (Å²) in [5.74, 6) is 0. The summed E-state index contributed by atoms with van der Waals surface area (Å²) in [4.78, 5) is 26.4. The van der Waals surface area contributed by atoms with E-state index < -0.39 is 6.25 Å². The number of carbonyl (C=O) groups excluding carboxylic acids is 2. The number of rotatable bonds is 4. The van der Waals surface area contributed by atoms with Gasteiger partial charge >= 0.3 is 0 Å². The molecule has 0 heterocycles. The summed E-state index contributed by atoms with van der Waals surface area (Å²) in [6.07, 6.45) is 0. The predicted octanol–water partition coefficient (Wildman–Crippen LogP) is 9.90. The number of alkyl halides is 6. The quantitative estimate of drug-likeness (QED) is 0.247. The van der Waals surface area contributed by atoms with Crippen molar-refractivity contribution in [1.29, 1.82) is 0 Å². The Bertz CT molecular complexity index is 783. The first-order chi connectivity index (χ1) is 14.8. The molecule has 0 saturated heterocycles. The van der Waals surface area contributed by atoms with Gasteiger partial charge in [-0.3, -0.25) is 9.59 Å². The number of nitrogens with zero attached hydrogens (tertiary/aromatic N) is 2. The van der Waals surface area contributed by atoms with Crippen LogP contribution in [0.15, 0.2) is 60.7 Å². The van der Waals surface area contributed by atoms with Crippen molar-refractivity contribution in [2.24, 2.45) is 0 Å². The molecular weight excluding hydrogens is 617 g/mol. The van der Waals surface area contributed by atoms with Crippen LogP contribution in [0.2, 0.25) is 0 Å². The van der Waals surface area contributed by atoms with E-state index in [9.17, 15) is 9.59 Å². The van der Waals surface area contributed by atoms with Gasteiger partial charge in [0.15, 0.2) is 0 Å². The Morgan fingerprint density at radius 1 is 0.625 bits per heavy atom. The number of hydrogen-bond acceptors (Lipinski definition) is 6. The van der Waals surface area contributed by atoms with Crippen molar-refractivity contribution in [2.75, 3.05) is 23.9 Å². The molecule has 176 valence electrons. The molecule has 2 rings (SSSR count). The molecule has 0 aliphatic rings. The van der Waals surface area contributed by atoms with Crippen LogP contribution < -0.4 is 9.80 Å². The standard InChI is InChI=1S/2C9H8Cl3NOS2/c2*1-13(7-5-3-2-4-6-7)8(14)15-16-9(10,11)12/h2*2-6H,1H3. The lowest BCUT2D eigenvalue weighted by atomic mass is 10.3. The van der Waals surface area contributed by atoms with Crippen LogP contribution in [0.3, 0.4) is 0 Å². The smallest absolute Gasteiger partial charge is 0.296 e. The lowest BCUT2D eigenvalue weighted by Gasteiger charge is -2.17. The second kappa shape index (κ2) is 14.8. The number of halogens is 6. The normalized spacial score (nSPS) is 11.2. The topological polar surface area (TPSA) is 40.6 Å². The Hall–Kier alpha value is 0.520. The van der Waals surface area contributed by atoms with Gasteiger partial charge in [0.1, 0.15) is 0 Å². The minimum Gasteiger partial charge on any atom is -0.306 e. The van der Waals surface area contributed by atoms with E-state index in [-0.39, 0.29) is 10.5 Å². The third-order valence-corrected chi connectivity index (χ3v) is 10.5. The summed E-state index contributed by atoms with van der Waals surface area (Å²) in [6.45, 7) is 0. The molecule has 32 heavy (non-hydrogen) atoms. The van der Waals surface area contributed by atoms with E-state index >= 15 is 0 Å². The van der Waals surface area contributed by atoms with Crippen molar-refractivity contribution >= 4 is 135 Å². The van der Waals surface area contributed by atoms with Gasteiger partial charge in [-0.2, -0.15) is 0 Å². The Balaban J connectivity index is 0.000000320. The fourth-order valence-electron chi connectivity index (χ4n) is 1.79. The van der Waals surface area contributed by atoms with E-state index in [0.717, 1.165) is 54.6 Å². The Morgan fingerprint density at radius 2 is 0.906 bits per heavy atom. The monoisotopic (exact) mass is 630 g/mol. The third-order valence-electron chi connectivity index (χ3n) is 3.25. The molecule has 0 bridgehead atoms. The summed E-state index contributed by atoms with van der Waals surface area (Å²) in [5.41, 5.74) is 1.59. The van der Waals surface area contributed by atoms with E-state index in [1.807, 2.05) is 60.7 Å². The molecule has 2 aromatic carbocycles. The molecule has 0 fully saturated rings. The van der Waals surface area contributed by atoms with Gasteiger partial charge in [-0.1, -0.05) is 106 Å². The summed E-state index contributed by atoms with van der Waals surface area (Å²) >= 11 is 33.2. The van der Waals surface area contributed by atoms with Crippen LogP contribution >= 0.6 is 113 Å². The number of para-hydroxylation sites is 2. The maximum Gasteiger partial charge on any atom is 0.296 e. The minimum absolute atomic E-state index is 0.192. The second-order valence-corrected chi connectivity index (χ2v) is 16.0. The third kappa shape index (κ3) is 13.4. The number of anilines is 2. The molecule has 14 heteroatoms. The lowest BCUT2D eigenvalue weighted by Crippen LogP contribution is -2.21. The van der Waals surface area contributed by atoms with Crippen LogP contribution in [-0.4, -0.2) is 30.8 Å². The van der Waals surface area contributed by atoms with Crippen molar-refractivity contribution in [3.63, 3.8) is 0 Å². The van der Waals surface area contributed by atoms with Crippen LogP contribution in [0.1, 0.15) is 0 Å². The molecule has 0 aromatic heterocycles. The second-order valence-electron chi connectivity index (χ2n) is 5.55. The van der Waals surface area contributed by atoms with Crippen molar-refractivity contribution in [1.82, 2.24) is 0 Å². The zero-order valence-corrected chi connectivity index (χ0v) is 24.2.